The van der Waals surface area contributed by atoms with E-state index in [0.717, 1.165) is 72.4 Å². The molecule has 0 bridgehead atoms. The van der Waals surface area contributed by atoms with E-state index in [9.17, 15) is 9.59 Å². The van der Waals surface area contributed by atoms with Crippen LogP contribution in [0.15, 0.2) is 121 Å². The van der Waals surface area contributed by atoms with E-state index < -0.39 is 8.32 Å². The Kier molecular flexibility index (Phi) is 14.8. The first kappa shape index (κ1) is 43.0. The molecule has 1 fully saturated rings. The van der Waals surface area contributed by atoms with Gasteiger partial charge in [0.25, 0.3) is 8.32 Å². The summed E-state index contributed by atoms with van der Waals surface area (Å²) in [7, 11) is 0.119. The fraction of sp³-hybridized carbons (Fsp3) is 0.388. The van der Waals surface area contributed by atoms with Crippen molar-refractivity contribution in [1.82, 2.24) is 0 Å². The molecule has 2 heterocycles. The topological polar surface area (TPSA) is 74.3 Å². The maximum atomic E-state index is 14.4. The van der Waals surface area contributed by atoms with Gasteiger partial charge in [-0.2, -0.15) is 0 Å². The molecule has 0 radical (unpaired) electrons. The van der Waals surface area contributed by atoms with Crippen molar-refractivity contribution in [1.29, 1.82) is 0 Å². The summed E-state index contributed by atoms with van der Waals surface area (Å²) >= 11 is 1.47. The molecule has 0 N–H and O–H groups in total. The number of carbonyl (C=O) groups is 2. The van der Waals surface area contributed by atoms with E-state index in [1.807, 2.05) is 41.3 Å². The van der Waals surface area contributed by atoms with Crippen LogP contribution >= 0.6 is 11.3 Å². The number of ether oxygens (including phenoxy) is 3. The maximum Gasteiger partial charge on any atom is 0.348 e. The third-order valence-corrected chi connectivity index (χ3v) is 17.5. The zero-order valence-corrected chi connectivity index (χ0v) is 36.8. The van der Waals surface area contributed by atoms with Crippen LogP contribution in [0.2, 0.25) is 5.04 Å². The Labute approximate surface area is 350 Å². The van der Waals surface area contributed by atoms with Gasteiger partial charge in [-0.05, 0) is 88.6 Å². The quantitative estimate of drug-likeness (QED) is 0.0469. The Hall–Kier alpha value is -4.54. The van der Waals surface area contributed by atoms with Gasteiger partial charge in [-0.3, -0.25) is 4.79 Å². The van der Waals surface area contributed by atoms with Crippen molar-refractivity contribution < 1.29 is 28.2 Å². The fourth-order valence-corrected chi connectivity index (χ4v) is 14.0. The lowest BCUT2D eigenvalue weighted by Crippen LogP contribution is -2.68. The van der Waals surface area contributed by atoms with E-state index in [1.165, 1.54) is 28.8 Å². The number of nitrogens with zero attached hydrogens (tertiary/aromatic N) is 1. The lowest BCUT2D eigenvalue weighted by atomic mass is 10.0. The smallest absolute Gasteiger partial charge is 0.348 e. The number of unbranched alkanes of at least 4 members (excludes halogenated alkanes) is 2. The molecule has 1 unspecified atom stereocenters. The number of carbonyl (C=O) groups excluding carboxylic acids is 2. The van der Waals surface area contributed by atoms with Gasteiger partial charge in [0, 0.05) is 10.6 Å². The number of esters is 1. The molecule has 1 aromatic heterocycles. The minimum atomic E-state index is -2.97. The summed E-state index contributed by atoms with van der Waals surface area (Å²) in [5, 5.41) is 2.15. The lowest BCUT2D eigenvalue weighted by Gasteiger charge is -2.45. The molecule has 3 atom stereocenters. The molecule has 0 saturated carbocycles. The van der Waals surface area contributed by atoms with Crippen LogP contribution in [0.4, 0.5) is 5.69 Å². The summed E-state index contributed by atoms with van der Waals surface area (Å²) in [6.07, 6.45) is 6.53. The largest absolute Gasteiger partial charge is 0.497 e. The molecule has 306 valence electrons. The van der Waals surface area contributed by atoms with Gasteiger partial charge in [-0.1, -0.05) is 132 Å². The second kappa shape index (κ2) is 19.9. The minimum absolute atomic E-state index is 0.0695. The van der Waals surface area contributed by atoms with Gasteiger partial charge in [0.05, 0.1) is 45.5 Å². The van der Waals surface area contributed by atoms with Crippen LogP contribution in [-0.4, -0.2) is 46.6 Å². The summed E-state index contributed by atoms with van der Waals surface area (Å²) in [5.74, 6) is 0.580. The highest BCUT2D eigenvalue weighted by atomic mass is 32.1. The number of thiophene rings is 1. The van der Waals surface area contributed by atoms with Gasteiger partial charge in [0.2, 0.25) is 5.91 Å². The maximum absolute atomic E-state index is 14.4. The van der Waals surface area contributed by atoms with E-state index in [0.29, 0.717) is 17.9 Å². The van der Waals surface area contributed by atoms with Crippen molar-refractivity contribution in [2.24, 2.45) is 0 Å². The van der Waals surface area contributed by atoms with Gasteiger partial charge < -0.3 is 23.5 Å². The molecule has 0 spiro atoms. The SMILES string of the molecule is CCCCCC(OCc1ccc(OC)cc1)c1ccc(N2C(=O)C[C@@H](O[Si](c3ccccc3)(c3ccccc3)C(C)(C)C)[C@@H]2CCCc2ccc(C(=O)OC)s2)cc1. The average Bonchev–Trinajstić information content (AvgIpc) is 3.84. The highest BCUT2D eigenvalue weighted by Crippen LogP contribution is 2.42. The Morgan fingerprint density at radius 1 is 0.828 bits per heavy atom. The highest BCUT2D eigenvalue weighted by molar-refractivity contribution is 7.13. The van der Waals surface area contributed by atoms with Crippen LogP contribution < -0.4 is 20.0 Å². The first-order valence-electron chi connectivity index (χ1n) is 20.7. The number of rotatable bonds is 19. The van der Waals surface area contributed by atoms with Crippen LogP contribution in [0.5, 0.6) is 5.75 Å². The van der Waals surface area contributed by atoms with Crippen molar-refractivity contribution in [3.05, 3.63) is 142 Å². The zero-order chi connectivity index (χ0) is 41.1. The van der Waals surface area contributed by atoms with Gasteiger partial charge >= 0.3 is 5.97 Å². The Balaban J connectivity index is 1.31. The lowest BCUT2D eigenvalue weighted by molar-refractivity contribution is -0.117. The second-order valence-electron chi connectivity index (χ2n) is 16.2. The monoisotopic (exact) mass is 817 g/mol. The molecule has 1 amide bonds. The van der Waals surface area contributed by atoms with Crippen LogP contribution in [0, 0.1) is 0 Å². The molecule has 6 rings (SSSR count). The number of benzene rings is 4. The summed E-state index contributed by atoms with van der Waals surface area (Å²) < 4.78 is 24.6. The first-order valence-corrected chi connectivity index (χ1v) is 23.4. The van der Waals surface area contributed by atoms with E-state index in [4.69, 9.17) is 18.6 Å². The summed E-state index contributed by atoms with van der Waals surface area (Å²) in [4.78, 5) is 30.4. The van der Waals surface area contributed by atoms with Crippen molar-refractivity contribution in [2.75, 3.05) is 19.1 Å². The van der Waals surface area contributed by atoms with Crippen molar-refractivity contribution in [2.45, 2.75) is 109 Å². The van der Waals surface area contributed by atoms with E-state index in [-0.39, 0.29) is 35.2 Å². The molecule has 7 nitrogen and oxygen atoms in total. The zero-order valence-electron chi connectivity index (χ0n) is 34.9. The van der Waals surface area contributed by atoms with Crippen LogP contribution in [0.1, 0.15) is 104 Å². The highest BCUT2D eigenvalue weighted by Gasteiger charge is 2.54. The average molecular weight is 818 g/mol. The van der Waals surface area contributed by atoms with E-state index in [2.05, 4.69) is 113 Å². The molecular weight excluding hydrogens is 759 g/mol. The van der Waals surface area contributed by atoms with Gasteiger partial charge in [0.15, 0.2) is 0 Å². The number of methoxy groups -OCH3 is 2. The Bertz CT molecular complexity index is 2010. The molecule has 9 heteroatoms. The fourth-order valence-electron chi connectivity index (χ4n) is 8.35. The normalized spacial score (nSPS) is 16.4. The van der Waals surface area contributed by atoms with Crippen molar-refractivity contribution in [3.63, 3.8) is 0 Å². The summed E-state index contributed by atoms with van der Waals surface area (Å²) in [6.45, 7) is 9.57. The third kappa shape index (κ3) is 10.0. The number of hydrogen-bond donors (Lipinski definition) is 0. The van der Waals surface area contributed by atoms with Gasteiger partial charge in [-0.15, -0.1) is 11.3 Å². The standard InChI is InChI=1S/C49H59NO6SSi/c1-7-8-11-23-44(55-35-36-24-30-39(53-5)31-25-36)37-26-28-38(29-27-37)50-43(22-16-17-40-32-33-46(57-40)48(52)54-6)45(34-47(50)51)56-58(49(2,3)4,41-18-12-9-13-19-41)42-20-14-10-15-21-42/h9-10,12-15,18-21,24-33,43-45H,7-8,11,16-17,22-23,34-35H2,1-6H3/t43-,44?,45+/m0/s1. The van der Waals surface area contributed by atoms with Crippen LogP contribution in [0.3, 0.4) is 0 Å². The molecule has 1 aliphatic rings. The minimum Gasteiger partial charge on any atom is -0.497 e. The van der Waals surface area contributed by atoms with Crippen molar-refractivity contribution in [3.8, 4) is 5.75 Å². The summed E-state index contributed by atoms with van der Waals surface area (Å²) in [5.41, 5.74) is 3.08. The molecule has 1 saturated heterocycles. The molecule has 4 aromatic carbocycles. The second-order valence-corrected chi connectivity index (χ2v) is 21.7. The number of anilines is 1. The van der Waals surface area contributed by atoms with E-state index >= 15 is 0 Å². The predicted molar refractivity (Wildman–Crippen MR) is 238 cm³/mol. The number of aryl methyl sites for hydroxylation is 1. The number of amides is 1. The van der Waals surface area contributed by atoms with E-state index in [1.54, 1.807) is 7.11 Å². The first-order chi connectivity index (χ1) is 28.1. The molecular formula is C49H59NO6SSi. The van der Waals surface area contributed by atoms with Gasteiger partial charge in [0.1, 0.15) is 10.6 Å². The van der Waals surface area contributed by atoms with Crippen LogP contribution in [0.25, 0.3) is 0 Å². The summed E-state index contributed by atoms with van der Waals surface area (Å²) in [6, 6.07) is 41.5. The molecule has 58 heavy (non-hydrogen) atoms. The Morgan fingerprint density at radius 2 is 1.48 bits per heavy atom. The van der Waals surface area contributed by atoms with Gasteiger partial charge in [-0.25, -0.2) is 4.79 Å². The Morgan fingerprint density at radius 3 is 2.07 bits per heavy atom. The predicted octanol–water partition coefficient (Wildman–Crippen LogP) is 10.5. The molecule has 0 aliphatic carbocycles. The van der Waals surface area contributed by atoms with Crippen molar-refractivity contribution >= 4 is 47.6 Å². The number of hydrogen-bond acceptors (Lipinski definition) is 7. The molecule has 1 aliphatic heterocycles. The van der Waals surface area contributed by atoms with Crippen LogP contribution in [-0.2, 0) is 31.7 Å². The molecule has 5 aromatic rings. The third-order valence-electron chi connectivity index (χ3n) is 11.3.